The summed E-state index contributed by atoms with van der Waals surface area (Å²) in [6.07, 6.45) is 0. The highest BCUT2D eigenvalue weighted by atomic mass is 19.1. The van der Waals surface area contributed by atoms with E-state index in [2.05, 4.69) is 10.1 Å². The molecule has 0 aliphatic rings. The van der Waals surface area contributed by atoms with Gasteiger partial charge in [-0.15, -0.1) is 0 Å². The van der Waals surface area contributed by atoms with Gasteiger partial charge in [0.2, 0.25) is 5.91 Å². The molecule has 0 aliphatic carbocycles. The number of benzene rings is 1. The SMILES string of the molecule is COC(=O)c1ccc(F)c(CNC(=O)C(C)(C)C)c1C. The number of nitrogens with one attached hydrogen (secondary N) is 1. The molecule has 20 heavy (non-hydrogen) atoms. The van der Waals surface area contributed by atoms with Crippen molar-refractivity contribution in [3.8, 4) is 0 Å². The Kier molecular flexibility index (Phi) is 4.87. The summed E-state index contributed by atoms with van der Waals surface area (Å²) in [6, 6.07) is 2.59. The molecule has 1 aromatic rings. The third-order valence-electron chi connectivity index (χ3n) is 3.05. The summed E-state index contributed by atoms with van der Waals surface area (Å²) in [5, 5.41) is 2.67. The summed E-state index contributed by atoms with van der Waals surface area (Å²) >= 11 is 0. The second kappa shape index (κ2) is 6.03. The Morgan fingerprint density at radius 2 is 1.90 bits per heavy atom. The minimum absolute atomic E-state index is 0.0403. The third-order valence-corrected chi connectivity index (χ3v) is 3.05. The minimum Gasteiger partial charge on any atom is -0.465 e. The van der Waals surface area contributed by atoms with Crippen molar-refractivity contribution in [2.24, 2.45) is 5.41 Å². The van der Waals surface area contributed by atoms with Gasteiger partial charge < -0.3 is 10.1 Å². The number of esters is 1. The van der Waals surface area contributed by atoms with Crippen molar-refractivity contribution in [2.45, 2.75) is 34.2 Å². The van der Waals surface area contributed by atoms with Gasteiger partial charge >= 0.3 is 5.97 Å². The fourth-order valence-corrected chi connectivity index (χ4v) is 1.71. The van der Waals surface area contributed by atoms with E-state index in [9.17, 15) is 14.0 Å². The molecule has 0 spiro atoms. The van der Waals surface area contributed by atoms with Crippen LogP contribution in [0.3, 0.4) is 0 Å². The number of hydrogen-bond donors (Lipinski definition) is 1. The van der Waals surface area contributed by atoms with Gasteiger partial charge in [0, 0.05) is 17.5 Å². The molecule has 0 aromatic heterocycles. The molecule has 1 amide bonds. The first-order valence-electron chi connectivity index (χ1n) is 6.33. The van der Waals surface area contributed by atoms with Crippen LogP contribution < -0.4 is 5.32 Å². The molecule has 1 aromatic carbocycles. The van der Waals surface area contributed by atoms with Crippen molar-refractivity contribution >= 4 is 11.9 Å². The van der Waals surface area contributed by atoms with E-state index in [1.54, 1.807) is 27.7 Å². The van der Waals surface area contributed by atoms with Gasteiger partial charge in [-0.3, -0.25) is 4.79 Å². The molecule has 0 atom stereocenters. The number of methoxy groups -OCH3 is 1. The minimum atomic E-state index is -0.551. The normalized spacial score (nSPS) is 11.1. The molecule has 110 valence electrons. The van der Waals surface area contributed by atoms with E-state index in [1.165, 1.54) is 19.2 Å². The van der Waals surface area contributed by atoms with Crippen LogP contribution in [0.15, 0.2) is 12.1 Å². The van der Waals surface area contributed by atoms with E-state index >= 15 is 0 Å². The zero-order valence-electron chi connectivity index (χ0n) is 12.5. The van der Waals surface area contributed by atoms with E-state index in [0.717, 1.165) is 0 Å². The first-order valence-corrected chi connectivity index (χ1v) is 6.33. The fraction of sp³-hybridized carbons (Fsp3) is 0.467. The number of ether oxygens (including phenoxy) is 1. The molecule has 0 fully saturated rings. The Hall–Kier alpha value is -1.91. The maximum absolute atomic E-state index is 13.8. The Balaban J connectivity index is 3.01. The van der Waals surface area contributed by atoms with Crippen LogP contribution in [0.4, 0.5) is 4.39 Å². The van der Waals surface area contributed by atoms with Gasteiger partial charge in [-0.25, -0.2) is 9.18 Å². The van der Waals surface area contributed by atoms with Gasteiger partial charge in [0.05, 0.1) is 12.7 Å². The summed E-state index contributed by atoms with van der Waals surface area (Å²) < 4.78 is 18.5. The van der Waals surface area contributed by atoms with Crippen LogP contribution >= 0.6 is 0 Å². The molecule has 0 saturated carbocycles. The van der Waals surface area contributed by atoms with Crippen LogP contribution in [-0.4, -0.2) is 19.0 Å². The van der Waals surface area contributed by atoms with Crippen molar-refractivity contribution < 1.29 is 18.7 Å². The molecule has 0 saturated heterocycles. The van der Waals surface area contributed by atoms with Crippen molar-refractivity contribution in [3.63, 3.8) is 0 Å². The lowest BCUT2D eigenvalue weighted by atomic mass is 9.95. The Labute approximate surface area is 118 Å². The zero-order chi connectivity index (χ0) is 15.5. The number of carbonyl (C=O) groups is 2. The maximum atomic E-state index is 13.8. The van der Waals surface area contributed by atoms with Crippen LogP contribution in [0.1, 0.15) is 42.3 Å². The first-order chi connectivity index (χ1) is 9.18. The molecule has 1 N–H and O–H groups in total. The van der Waals surface area contributed by atoms with Crippen LogP contribution in [0.5, 0.6) is 0 Å². The lowest BCUT2D eigenvalue weighted by molar-refractivity contribution is -0.128. The van der Waals surface area contributed by atoms with Crippen molar-refractivity contribution in [1.82, 2.24) is 5.32 Å². The van der Waals surface area contributed by atoms with Gasteiger partial charge in [-0.1, -0.05) is 20.8 Å². The topological polar surface area (TPSA) is 55.4 Å². The highest BCUT2D eigenvalue weighted by molar-refractivity contribution is 5.91. The van der Waals surface area contributed by atoms with Gasteiger partial charge in [-0.05, 0) is 24.6 Å². The van der Waals surface area contributed by atoms with Gasteiger partial charge in [-0.2, -0.15) is 0 Å². The summed E-state index contributed by atoms with van der Waals surface area (Å²) in [7, 11) is 1.27. The number of halogens is 1. The van der Waals surface area contributed by atoms with Crippen LogP contribution in [-0.2, 0) is 16.1 Å². The highest BCUT2D eigenvalue weighted by Crippen LogP contribution is 2.19. The molecule has 0 radical (unpaired) electrons. The monoisotopic (exact) mass is 281 g/mol. The average Bonchev–Trinajstić information content (AvgIpc) is 2.36. The smallest absolute Gasteiger partial charge is 0.338 e. The second-order valence-corrected chi connectivity index (χ2v) is 5.62. The third kappa shape index (κ3) is 3.56. The maximum Gasteiger partial charge on any atom is 0.338 e. The molecular formula is C15H20FNO3. The summed E-state index contributed by atoms with van der Waals surface area (Å²) in [6.45, 7) is 7.00. The molecule has 0 heterocycles. The predicted molar refractivity (Wildman–Crippen MR) is 73.8 cm³/mol. The lowest BCUT2D eigenvalue weighted by Gasteiger charge is -2.19. The van der Waals surface area contributed by atoms with Crippen molar-refractivity contribution in [3.05, 3.63) is 34.6 Å². The number of amides is 1. The van der Waals surface area contributed by atoms with Crippen molar-refractivity contribution in [1.29, 1.82) is 0 Å². The Bertz CT molecular complexity index is 533. The molecule has 0 bridgehead atoms. The van der Waals surface area contributed by atoms with Gasteiger partial charge in [0.15, 0.2) is 0 Å². The van der Waals surface area contributed by atoms with E-state index < -0.39 is 17.2 Å². The first kappa shape index (κ1) is 16.1. The molecule has 0 aliphatic heterocycles. The zero-order valence-corrected chi connectivity index (χ0v) is 12.5. The Morgan fingerprint density at radius 3 is 2.40 bits per heavy atom. The number of rotatable bonds is 3. The summed E-state index contributed by atoms with van der Waals surface area (Å²) in [5.41, 5.74) is 0.523. The van der Waals surface area contributed by atoms with Crippen LogP contribution in [0.25, 0.3) is 0 Å². The van der Waals surface area contributed by atoms with E-state index in [0.29, 0.717) is 16.7 Å². The quantitative estimate of drug-likeness (QED) is 0.866. The molecule has 0 unspecified atom stereocenters. The number of hydrogen-bond acceptors (Lipinski definition) is 3. The fourth-order valence-electron chi connectivity index (χ4n) is 1.71. The van der Waals surface area contributed by atoms with Gasteiger partial charge in [0.1, 0.15) is 5.82 Å². The molecular weight excluding hydrogens is 261 g/mol. The standard InChI is InChI=1S/C15H20FNO3/c1-9-10(13(18)20-5)6-7-12(16)11(9)8-17-14(19)15(2,3)4/h6-7H,8H2,1-5H3,(H,17,19). The van der Waals surface area contributed by atoms with E-state index in [1.807, 2.05) is 0 Å². The van der Waals surface area contributed by atoms with Crippen molar-refractivity contribution in [2.75, 3.05) is 7.11 Å². The molecule has 1 rings (SSSR count). The van der Waals surface area contributed by atoms with E-state index in [-0.39, 0.29) is 12.5 Å². The lowest BCUT2D eigenvalue weighted by Crippen LogP contribution is -2.34. The van der Waals surface area contributed by atoms with Crippen LogP contribution in [0, 0.1) is 18.2 Å². The second-order valence-electron chi connectivity index (χ2n) is 5.62. The Morgan fingerprint density at radius 1 is 1.30 bits per heavy atom. The summed E-state index contributed by atoms with van der Waals surface area (Å²) in [4.78, 5) is 23.4. The highest BCUT2D eigenvalue weighted by Gasteiger charge is 2.22. The average molecular weight is 281 g/mol. The van der Waals surface area contributed by atoms with Gasteiger partial charge in [0.25, 0.3) is 0 Å². The predicted octanol–water partition coefficient (Wildman–Crippen LogP) is 2.58. The van der Waals surface area contributed by atoms with E-state index in [4.69, 9.17) is 0 Å². The molecule has 5 heteroatoms. The van der Waals surface area contributed by atoms with Crippen LogP contribution in [0.2, 0.25) is 0 Å². The number of carbonyl (C=O) groups excluding carboxylic acids is 2. The summed E-state index contributed by atoms with van der Waals surface area (Å²) in [5.74, 6) is -1.16. The largest absolute Gasteiger partial charge is 0.465 e. The molecule has 4 nitrogen and oxygen atoms in total.